The SMILES string of the molecule is C[C@H](CO)Nc1nc(Nc2ccc(Br)c(C(F)(F)F)c2)cc(-c2ccncc2)n1. The fraction of sp³-hybridized carbons (Fsp3) is 0.211. The van der Waals surface area contributed by atoms with E-state index in [0.29, 0.717) is 11.5 Å². The van der Waals surface area contributed by atoms with Gasteiger partial charge in [-0.15, -0.1) is 0 Å². The molecule has 0 aliphatic carbocycles. The monoisotopic (exact) mass is 467 g/mol. The maximum Gasteiger partial charge on any atom is 0.417 e. The average molecular weight is 468 g/mol. The number of aromatic nitrogens is 3. The highest BCUT2D eigenvalue weighted by molar-refractivity contribution is 9.10. The number of anilines is 3. The summed E-state index contributed by atoms with van der Waals surface area (Å²) in [5.74, 6) is 0.534. The van der Waals surface area contributed by atoms with Gasteiger partial charge in [0.15, 0.2) is 0 Å². The molecule has 1 atom stereocenters. The fourth-order valence-electron chi connectivity index (χ4n) is 2.48. The fourth-order valence-corrected chi connectivity index (χ4v) is 2.95. The molecule has 29 heavy (non-hydrogen) atoms. The number of aliphatic hydroxyl groups is 1. The number of hydrogen-bond acceptors (Lipinski definition) is 6. The lowest BCUT2D eigenvalue weighted by Gasteiger charge is -2.15. The van der Waals surface area contributed by atoms with E-state index in [0.717, 1.165) is 11.6 Å². The predicted molar refractivity (Wildman–Crippen MR) is 108 cm³/mol. The normalized spacial score (nSPS) is 12.5. The Morgan fingerprint density at radius 3 is 2.48 bits per heavy atom. The summed E-state index contributed by atoms with van der Waals surface area (Å²) in [4.78, 5) is 12.7. The first kappa shape index (κ1) is 21.0. The third kappa shape index (κ3) is 5.42. The molecule has 0 unspecified atom stereocenters. The first-order chi connectivity index (χ1) is 13.8. The van der Waals surface area contributed by atoms with Gasteiger partial charge in [-0.05, 0) is 37.3 Å². The van der Waals surface area contributed by atoms with E-state index >= 15 is 0 Å². The van der Waals surface area contributed by atoms with Crippen molar-refractivity contribution in [3.05, 3.63) is 58.8 Å². The number of alkyl halides is 3. The molecule has 0 bridgehead atoms. The second-order valence-electron chi connectivity index (χ2n) is 6.24. The van der Waals surface area contributed by atoms with Crippen molar-refractivity contribution in [2.75, 3.05) is 17.2 Å². The van der Waals surface area contributed by atoms with E-state index in [9.17, 15) is 18.3 Å². The minimum atomic E-state index is -4.49. The van der Waals surface area contributed by atoms with Crippen molar-refractivity contribution in [2.24, 2.45) is 0 Å². The minimum Gasteiger partial charge on any atom is -0.394 e. The third-order valence-corrected chi connectivity index (χ3v) is 4.59. The summed E-state index contributed by atoms with van der Waals surface area (Å²) in [6.45, 7) is 1.62. The number of aliphatic hydroxyl groups excluding tert-OH is 1. The summed E-state index contributed by atoms with van der Waals surface area (Å²) >= 11 is 2.93. The number of rotatable bonds is 6. The number of pyridine rings is 1. The zero-order valence-electron chi connectivity index (χ0n) is 15.2. The molecule has 0 amide bonds. The lowest BCUT2D eigenvalue weighted by molar-refractivity contribution is -0.138. The number of benzene rings is 1. The molecule has 3 N–H and O–H groups in total. The van der Waals surface area contributed by atoms with Crippen LogP contribution < -0.4 is 10.6 Å². The maximum absolute atomic E-state index is 13.2. The summed E-state index contributed by atoms with van der Waals surface area (Å²) < 4.78 is 39.5. The van der Waals surface area contributed by atoms with Crippen molar-refractivity contribution >= 4 is 33.4 Å². The van der Waals surface area contributed by atoms with Crippen LogP contribution in [-0.2, 0) is 6.18 Å². The Bertz CT molecular complexity index is 985. The summed E-state index contributed by atoms with van der Waals surface area (Å²) in [7, 11) is 0. The van der Waals surface area contributed by atoms with E-state index < -0.39 is 11.7 Å². The average Bonchev–Trinajstić information content (AvgIpc) is 2.69. The largest absolute Gasteiger partial charge is 0.417 e. The summed E-state index contributed by atoms with van der Waals surface area (Å²) in [6.07, 6.45) is -1.27. The molecule has 0 saturated carbocycles. The highest BCUT2D eigenvalue weighted by Crippen LogP contribution is 2.37. The Morgan fingerprint density at radius 2 is 1.83 bits per heavy atom. The lowest BCUT2D eigenvalue weighted by Crippen LogP contribution is -2.21. The van der Waals surface area contributed by atoms with Gasteiger partial charge in [0.05, 0.1) is 17.9 Å². The van der Waals surface area contributed by atoms with Crippen LogP contribution in [0.4, 0.5) is 30.6 Å². The second-order valence-corrected chi connectivity index (χ2v) is 7.10. The Labute approximate surface area is 173 Å². The van der Waals surface area contributed by atoms with E-state index in [1.54, 1.807) is 37.5 Å². The number of halogens is 4. The molecule has 0 radical (unpaired) electrons. The molecule has 2 aromatic heterocycles. The van der Waals surface area contributed by atoms with Crippen LogP contribution in [-0.4, -0.2) is 32.7 Å². The van der Waals surface area contributed by atoms with E-state index in [-0.39, 0.29) is 28.8 Å². The van der Waals surface area contributed by atoms with Crippen LogP contribution in [0.15, 0.2) is 53.3 Å². The van der Waals surface area contributed by atoms with Crippen molar-refractivity contribution in [2.45, 2.75) is 19.1 Å². The molecule has 0 fully saturated rings. The molecule has 0 saturated heterocycles. The molecule has 0 aliphatic heterocycles. The number of hydrogen-bond donors (Lipinski definition) is 3. The van der Waals surface area contributed by atoms with Gasteiger partial charge in [0.2, 0.25) is 5.95 Å². The topological polar surface area (TPSA) is 83.0 Å². The van der Waals surface area contributed by atoms with Gasteiger partial charge in [0.25, 0.3) is 0 Å². The molecule has 0 spiro atoms. The standard InChI is InChI=1S/C19H17BrF3N5O/c1-11(10-29)25-18-27-16(12-4-6-24-7-5-12)9-17(28-18)26-13-2-3-15(20)14(8-13)19(21,22)23/h2-9,11,29H,10H2,1H3,(H2,25,26,27,28)/t11-/m1/s1. The van der Waals surface area contributed by atoms with Crippen LogP contribution in [0.25, 0.3) is 11.3 Å². The molecule has 0 aliphatic rings. The van der Waals surface area contributed by atoms with Crippen LogP contribution in [0, 0.1) is 0 Å². The van der Waals surface area contributed by atoms with E-state index in [1.165, 1.54) is 12.1 Å². The van der Waals surface area contributed by atoms with Crippen LogP contribution >= 0.6 is 15.9 Å². The van der Waals surface area contributed by atoms with Gasteiger partial charge in [0, 0.05) is 40.2 Å². The number of nitrogens with one attached hydrogen (secondary N) is 2. The van der Waals surface area contributed by atoms with Gasteiger partial charge in [0.1, 0.15) is 5.82 Å². The van der Waals surface area contributed by atoms with Crippen molar-refractivity contribution in [3.8, 4) is 11.3 Å². The first-order valence-corrected chi connectivity index (χ1v) is 9.36. The Kier molecular flexibility index (Phi) is 6.33. The van der Waals surface area contributed by atoms with Crippen LogP contribution in [0.5, 0.6) is 0 Å². The Hall–Kier alpha value is -2.72. The van der Waals surface area contributed by atoms with Gasteiger partial charge in [-0.2, -0.15) is 18.2 Å². The molecule has 10 heteroatoms. The van der Waals surface area contributed by atoms with Gasteiger partial charge < -0.3 is 15.7 Å². The first-order valence-electron chi connectivity index (χ1n) is 8.57. The summed E-state index contributed by atoms with van der Waals surface area (Å²) in [5.41, 5.74) is 0.738. The molecule has 152 valence electrons. The highest BCUT2D eigenvalue weighted by Gasteiger charge is 2.33. The lowest BCUT2D eigenvalue weighted by atomic mass is 10.2. The Balaban J connectivity index is 1.99. The molecule has 1 aromatic carbocycles. The molecule has 3 rings (SSSR count). The van der Waals surface area contributed by atoms with Crippen molar-refractivity contribution in [1.29, 1.82) is 0 Å². The maximum atomic E-state index is 13.2. The van der Waals surface area contributed by atoms with Gasteiger partial charge in [-0.25, -0.2) is 4.98 Å². The van der Waals surface area contributed by atoms with Crippen molar-refractivity contribution < 1.29 is 18.3 Å². The van der Waals surface area contributed by atoms with Gasteiger partial charge >= 0.3 is 6.18 Å². The smallest absolute Gasteiger partial charge is 0.394 e. The second kappa shape index (κ2) is 8.75. The third-order valence-electron chi connectivity index (χ3n) is 3.90. The summed E-state index contributed by atoms with van der Waals surface area (Å²) in [5, 5.41) is 15.1. The minimum absolute atomic E-state index is 0.0464. The zero-order chi connectivity index (χ0) is 21.0. The van der Waals surface area contributed by atoms with Crippen LogP contribution in [0.1, 0.15) is 12.5 Å². The van der Waals surface area contributed by atoms with Crippen molar-refractivity contribution in [3.63, 3.8) is 0 Å². The van der Waals surface area contributed by atoms with E-state index in [1.807, 2.05) is 0 Å². The zero-order valence-corrected chi connectivity index (χ0v) is 16.8. The molecule has 2 heterocycles. The van der Waals surface area contributed by atoms with Gasteiger partial charge in [-0.1, -0.05) is 15.9 Å². The quantitative estimate of drug-likeness (QED) is 0.480. The molecular weight excluding hydrogens is 451 g/mol. The summed E-state index contributed by atoms with van der Waals surface area (Å²) in [6, 6.07) is 8.67. The van der Waals surface area contributed by atoms with Gasteiger partial charge in [-0.3, -0.25) is 4.98 Å². The predicted octanol–water partition coefficient (Wildman–Crippen LogP) is 4.86. The molecular formula is C19H17BrF3N5O. The van der Waals surface area contributed by atoms with Crippen molar-refractivity contribution in [1.82, 2.24) is 15.0 Å². The molecule has 3 aromatic rings. The highest BCUT2D eigenvalue weighted by atomic mass is 79.9. The molecule has 6 nitrogen and oxygen atoms in total. The van der Waals surface area contributed by atoms with Crippen LogP contribution in [0.3, 0.4) is 0 Å². The van der Waals surface area contributed by atoms with Crippen LogP contribution in [0.2, 0.25) is 0 Å². The van der Waals surface area contributed by atoms with E-state index in [2.05, 4.69) is 41.5 Å². The number of nitrogens with zero attached hydrogens (tertiary/aromatic N) is 3. The Morgan fingerprint density at radius 1 is 1.10 bits per heavy atom. The van der Waals surface area contributed by atoms with E-state index in [4.69, 9.17) is 0 Å².